The van der Waals surface area contributed by atoms with Crippen molar-refractivity contribution in [2.75, 3.05) is 25.1 Å². The van der Waals surface area contributed by atoms with E-state index in [9.17, 15) is 4.79 Å². The molecule has 0 radical (unpaired) electrons. The molecule has 0 aliphatic rings. The molecule has 0 saturated carbocycles. The van der Waals surface area contributed by atoms with Gasteiger partial charge >= 0.3 is 0 Å². The van der Waals surface area contributed by atoms with E-state index in [1.54, 1.807) is 0 Å². The maximum absolute atomic E-state index is 11.9. The first-order valence-electron chi connectivity index (χ1n) is 5.34. The van der Waals surface area contributed by atoms with Gasteiger partial charge < -0.3 is 10.1 Å². The molecule has 1 N–H and O–H groups in total. The Morgan fingerprint density at radius 2 is 2.24 bits per heavy atom. The van der Waals surface area contributed by atoms with Gasteiger partial charge in [0.15, 0.2) is 0 Å². The SMILES string of the molecule is Cc1cccc(C(=O)NCCOCCBr)c1I. The minimum absolute atomic E-state index is 0.0412. The van der Waals surface area contributed by atoms with Crippen LogP contribution in [0.5, 0.6) is 0 Å². The first kappa shape index (κ1) is 14.9. The third-order valence-corrected chi connectivity index (χ3v) is 3.95. The van der Waals surface area contributed by atoms with Crippen molar-refractivity contribution in [1.29, 1.82) is 0 Å². The van der Waals surface area contributed by atoms with Crippen LogP contribution in [0.15, 0.2) is 18.2 Å². The number of alkyl halides is 1. The molecule has 0 fully saturated rings. The van der Waals surface area contributed by atoms with Crippen molar-refractivity contribution < 1.29 is 9.53 Å². The number of rotatable bonds is 6. The van der Waals surface area contributed by atoms with Crippen molar-refractivity contribution >= 4 is 44.4 Å². The van der Waals surface area contributed by atoms with Crippen LogP contribution in [0.4, 0.5) is 0 Å². The topological polar surface area (TPSA) is 38.3 Å². The summed E-state index contributed by atoms with van der Waals surface area (Å²) >= 11 is 5.47. The molecule has 1 aromatic rings. The lowest BCUT2D eigenvalue weighted by atomic mass is 10.1. The summed E-state index contributed by atoms with van der Waals surface area (Å²) in [5.41, 5.74) is 1.85. The van der Waals surface area contributed by atoms with E-state index >= 15 is 0 Å². The number of ether oxygens (including phenoxy) is 1. The highest BCUT2D eigenvalue weighted by molar-refractivity contribution is 14.1. The van der Waals surface area contributed by atoms with E-state index in [1.165, 1.54) is 0 Å². The lowest BCUT2D eigenvalue weighted by Gasteiger charge is -2.08. The van der Waals surface area contributed by atoms with Gasteiger partial charge in [0.1, 0.15) is 0 Å². The number of carbonyl (C=O) groups is 1. The Hall–Kier alpha value is -0.140. The monoisotopic (exact) mass is 411 g/mol. The predicted octanol–water partition coefficient (Wildman–Crippen LogP) is 2.74. The standard InChI is InChI=1S/C12H15BrINO2/c1-9-3-2-4-10(11(9)14)12(16)15-6-8-17-7-5-13/h2-4H,5-8H2,1H3,(H,15,16). The molecule has 94 valence electrons. The van der Waals surface area contributed by atoms with Crippen LogP contribution in [0.2, 0.25) is 0 Å². The highest BCUT2D eigenvalue weighted by atomic mass is 127. The lowest BCUT2D eigenvalue weighted by molar-refractivity contribution is 0.0923. The molecular formula is C12H15BrINO2. The Balaban J connectivity index is 2.44. The number of halogens is 2. The Morgan fingerprint density at radius 1 is 1.47 bits per heavy atom. The van der Waals surface area contributed by atoms with Gasteiger partial charge in [-0.1, -0.05) is 28.1 Å². The number of hydrogen-bond acceptors (Lipinski definition) is 2. The summed E-state index contributed by atoms with van der Waals surface area (Å²) in [6.45, 7) is 3.74. The van der Waals surface area contributed by atoms with E-state index in [0.29, 0.717) is 19.8 Å². The van der Waals surface area contributed by atoms with Gasteiger partial charge in [0.2, 0.25) is 0 Å². The normalized spacial score (nSPS) is 10.3. The molecule has 0 aliphatic carbocycles. The minimum Gasteiger partial charge on any atom is -0.379 e. The van der Waals surface area contributed by atoms with Crippen LogP contribution >= 0.6 is 38.5 Å². The number of amides is 1. The van der Waals surface area contributed by atoms with Crippen LogP contribution in [-0.4, -0.2) is 31.0 Å². The summed E-state index contributed by atoms with van der Waals surface area (Å²) in [5, 5.41) is 3.66. The van der Waals surface area contributed by atoms with Gasteiger partial charge in [0.05, 0.1) is 18.8 Å². The molecule has 5 heteroatoms. The van der Waals surface area contributed by atoms with Gasteiger partial charge in [-0.15, -0.1) is 0 Å². The molecule has 0 aliphatic heterocycles. The fraction of sp³-hybridized carbons (Fsp3) is 0.417. The molecular weight excluding hydrogens is 397 g/mol. The fourth-order valence-electron chi connectivity index (χ4n) is 1.31. The third kappa shape index (κ3) is 4.93. The summed E-state index contributed by atoms with van der Waals surface area (Å²) in [5.74, 6) is -0.0412. The number of nitrogens with one attached hydrogen (secondary N) is 1. The van der Waals surface area contributed by atoms with E-state index in [4.69, 9.17) is 4.74 Å². The van der Waals surface area contributed by atoms with E-state index < -0.39 is 0 Å². The van der Waals surface area contributed by atoms with Gasteiger partial charge in [0.25, 0.3) is 5.91 Å². The van der Waals surface area contributed by atoms with Crippen molar-refractivity contribution in [2.45, 2.75) is 6.92 Å². The van der Waals surface area contributed by atoms with Crippen LogP contribution < -0.4 is 5.32 Å². The number of carbonyl (C=O) groups excluding carboxylic acids is 1. The van der Waals surface area contributed by atoms with E-state index in [2.05, 4.69) is 43.8 Å². The second-order valence-corrected chi connectivity index (χ2v) is 5.37. The average Bonchev–Trinajstić information content (AvgIpc) is 2.32. The first-order valence-corrected chi connectivity index (χ1v) is 7.54. The highest BCUT2D eigenvalue weighted by Gasteiger charge is 2.10. The smallest absolute Gasteiger partial charge is 0.252 e. The molecule has 0 spiro atoms. The van der Waals surface area contributed by atoms with Crippen molar-refractivity contribution in [2.24, 2.45) is 0 Å². The van der Waals surface area contributed by atoms with E-state index in [0.717, 1.165) is 20.0 Å². The highest BCUT2D eigenvalue weighted by Crippen LogP contribution is 2.16. The molecule has 0 bridgehead atoms. The zero-order chi connectivity index (χ0) is 12.7. The van der Waals surface area contributed by atoms with E-state index in [1.807, 2.05) is 25.1 Å². The van der Waals surface area contributed by atoms with Gasteiger partial charge in [0, 0.05) is 15.4 Å². The average molecular weight is 412 g/mol. The van der Waals surface area contributed by atoms with Crippen LogP contribution in [-0.2, 0) is 4.74 Å². The summed E-state index contributed by atoms with van der Waals surface area (Å²) in [6.07, 6.45) is 0. The van der Waals surface area contributed by atoms with Crippen LogP contribution in [0.3, 0.4) is 0 Å². The second kappa shape index (κ2) is 8.05. The Morgan fingerprint density at radius 3 is 2.94 bits per heavy atom. The maximum Gasteiger partial charge on any atom is 0.252 e. The van der Waals surface area contributed by atoms with Crippen molar-refractivity contribution in [3.63, 3.8) is 0 Å². The second-order valence-electron chi connectivity index (χ2n) is 3.49. The first-order chi connectivity index (χ1) is 8.16. The zero-order valence-corrected chi connectivity index (χ0v) is 13.4. The van der Waals surface area contributed by atoms with Crippen LogP contribution in [0, 0.1) is 10.5 Å². The van der Waals surface area contributed by atoms with Gasteiger partial charge in [-0.2, -0.15) is 0 Å². The van der Waals surface area contributed by atoms with Crippen molar-refractivity contribution in [3.05, 3.63) is 32.9 Å². The molecule has 1 aromatic carbocycles. The fourth-order valence-corrected chi connectivity index (χ4v) is 2.14. The largest absolute Gasteiger partial charge is 0.379 e. The molecule has 17 heavy (non-hydrogen) atoms. The molecule has 0 atom stereocenters. The summed E-state index contributed by atoms with van der Waals surface area (Å²) < 4.78 is 6.26. The minimum atomic E-state index is -0.0412. The Labute approximate surface area is 124 Å². The molecule has 1 rings (SSSR count). The maximum atomic E-state index is 11.9. The number of benzene rings is 1. The summed E-state index contributed by atoms with van der Waals surface area (Å²) in [6, 6.07) is 5.73. The molecule has 3 nitrogen and oxygen atoms in total. The summed E-state index contributed by atoms with van der Waals surface area (Å²) in [7, 11) is 0. The molecule has 1 amide bonds. The van der Waals surface area contributed by atoms with Crippen LogP contribution in [0.1, 0.15) is 15.9 Å². The Kier molecular flexibility index (Phi) is 7.06. The number of aryl methyl sites for hydroxylation is 1. The van der Waals surface area contributed by atoms with Crippen molar-refractivity contribution in [1.82, 2.24) is 5.32 Å². The summed E-state index contributed by atoms with van der Waals surface area (Å²) in [4.78, 5) is 11.9. The quantitative estimate of drug-likeness (QED) is 0.444. The third-order valence-electron chi connectivity index (χ3n) is 2.19. The van der Waals surface area contributed by atoms with Crippen LogP contribution in [0.25, 0.3) is 0 Å². The Bertz CT molecular complexity index is 385. The number of hydrogen-bond donors (Lipinski definition) is 1. The van der Waals surface area contributed by atoms with Gasteiger partial charge in [-0.3, -0.25) is 4.79 Å². The van der Waals surface area contributed by atoms with E-state index in [-0.39, 0.29) is 5.91 Å². The predicted molar refractivity (Wildman–Crippen MR) is 80.8 cm³/mol. The van der Waals surface area contributed by atoms with Gasteiger partial charge in [-0.25, -0.2) is 0 Å². The molecule has 0 aromatic heterocycles. The molecule has 0 unspecified atom stereocenters. The molecule has 0 heterocycles. The van der Waals surface area contributed by atoms with Gasteiger partial charge in [-0.05, 0) is 41.1 Å². The molecule has 0 saturated heterocycles. The lowest BCUT2D eigenvalue weighted by Crippen LogP contribution is -2.28. The van der Waals surface area contributed by atoms with Crippen molar-refractivity contribution in [3.8, 4) is 0 Å². The zero-order valence-electron chi connectivity index (χ0n) is 9.63.